The Morgan fingerprint density at radius 1 is 1.10 bits per heavy atom. The molecule has 5 nitrogen and oxygen atoms in total. The van der Waals surface area contributed by atoms with Gasteiger partial charge in [-0.05, 0) is 42.0 Å². The fourth-order valence-electron chi connectivity index (χ4n) is 2.43. The van der Waals surface area contributed by atoms with Gasteiger partial charge >= 0.3 is 6.61 Å². The number of methoxy groups -OCH3 is 1. The van der Waals surface area contributed by atoms with E-state index in [2.05, 4.69) is 14.8 Å². The van der Waals surface area contributed by atoms with Gasteiger partial charge in [-0.3, -0.25) is 4.99 Å². The van der Waals surface area contributed by atoms with E-state index in [1.807, 2.05) is 5.38 Å². The first-order valence-electron chi connectivity index (χ1n) is 8.62. The van der Waals surface area contributed by atoms with Crippen molar-refractivity contribution in [1.29, 1.82) is 0 Å². The van der Waals surface area contributed by atoms with Gasteiger partial charge in [-0.2, -0.15) is 13.9 Å². The lowest BCUT2D eigenvalue weighted by atomic mass is 10.2. The number of hydrogen-bond acceptors (Lipinski definition) is 5. The second-order valence-electron chi connectivity index (χ2n) is 5.79. The molecule has 0 aliphatic heterocycles. The molecule has 1 heterocycles. The number of aromatic nitrogens is 1. The zero-order valence-corrected chi connectivity index (χ0v) is 16.3. The molecule has 0 aliphatic rings. The molecule has 152 valence electrons. The summed E-state index contributed by atoms with van der Waals surface area (Å²) in [7, 11) is 1.60. The zero-order valence-electron chi connectivity index (χ0n) is 15.5. The van der Waals surface area contributed by atoms with Gasteiger partial charge in [0.1, 0.15) is 11.6 Å². The van der Waals surface area contributed by atoms with E-state index in [0.29, 0.717) is 18.0 Å². The van der Waals surface area contributed by atoms with Crippen molar-refractivity contribution in [2.24, 2.45) is 10.1 Å². The highest BCUT2D eigenvalue weighted by Crippen LogP contribution is 2.24. The molecular formula is C20H18F3N3O2S. The van der Waals surface area contributed by atoms with E-state index in [1.165, 1.54) is 35.6 Å². The summed E-state index contributed by atoms with van der Waals surface area (Å²) in [6, 6.07) is 12.2. The summed E-state index contributed by atoms with van der Waals surface area (Å²) in [4.78, 5) is 5.13. The third kappa shape index (κ3) is 5.78. The zero-order chi connectivity index (χ0) is 20.6. The number of thiazole rings is 1. The van der Waals surface area contributed by atoms with E-state index >= 15 is 0 Å². The van der Waals surface area contributed by atoms with Gasteiger partial charge < -0.3 is 9.47 Å². The maximum atomic E-state index is 13.1. The first kappa shape index (κ1) is 20.8. The van der Waals surface area contributed by atoms with Crippen molar-refractivity contribution in [1.82, 2.24) is 4.68 Å². The molecule has 3 aromatic rings. The van der Waals surface area contributed by atoms with E-state index < -0.39 is 6.61 Å². The van der Waals surface area contributed by atoms with Crippen LogP contribution < -0.4 is 9.54 Å². The van der Waals surface area contributed by atoms with Crippen molar-refractivity contribution in [3.63, 3.8) is 0 Å². The topological polar surface area (TPSA) is 48.1 Å². The van der Waals surface area contributed by atoms with Crippen LogP contribution in [0.15, 0.2) is 64.0 Å². The second-order valence-corrected chi connectivity index (χ2v) is 6.63. The summed E-state index contributed by atoms with van der Waals surface area (Å²) in [5.41, 5.74) is 2.21. The Balaban J connectivity index is 1.96. The minimum atomic E-state index is -2.88. The summed E-state index contributed by atoms with van der Waals surface area (Å²) < 4.78 is 48.9. The second kappa shape index (κ2) is 10.0. The molecule has 0 saturated carbocycles. The van der Waals surface area contributed by atoms with E-state index in [9.17, 15) is 13.2 Å². The maximum Gasteiger partial charge on any atom is 0.387 e. The molecule has 1 aromatic heterocycles. The van der Waals surface area contributed by atoms with E-state index in [1.54, 1.807) is 42.3 Å². The molecular weight excluding hydrogens is 403 g/mol. The van der Waals surface area contributed by atoms with E-state index in [-0.39, 0.29) is 11.6 Å². The normalized spacial score (nSPS) is 12.2. The van der Waals surface area contributed by atoms with Crippen molar-refractivity contribution >= 4 is 17.6 Å². The molecule has 0 bridgehead atoms. The van der Waals surface area contributed by atoms with Gasteiger partial charge in [0.15, 0.2) is 0 Å². The van der Waals surface area contributed by atoms with Crippen molar-refractivity contribution < 1.29 is 22.6 Å². The lowest BCUT2D eigenvalue weighted by molar-refractivity contribution is -0.0498. The summed E-state index contributed by atoms with van der Waals surface area (Å²) in [6.45, 7) is -1.95. The van der Waals surface area contributed by atoms with Crippen LogP contribution in [-0.4, -0.2) is 37.8 Å². The molecule has 0 radical (unpaired) electrons. The molecule has 0 amide bonds. The summed E-state index contributed by atoms with van der Waals surface area (Å²) >= 11 is 1.39. The molecule has 0 spiro atoms. The van der Waals surface area contributed by atoms with Gasteiger partial charge in [-0.25, -0.2) is 9.07 Å². The molecule has 3 rings (SSSR count). The molecule has 9 heteroatoms. The Morgan fingerprint density at radius 3 is 2.48 bits per heavy atom. The molecule has 0 unspecified atom stereocenters. The van der Waals surface area contributed by atoms with Gasteiger partial charge in [-0.1, -0.05) is 12.1 Å². The summed E-state index contributed by atoms with van der Waals surface area (Å²) in [5, 5.41) is 6.36. The SMILES string of the molecule is COCCN=c1scc(-c2ccc(OC(F)F)cc2)n1/N=C/c1ccc(F)cc1. The van der Waals surface area contributed by atoms with Crippen LogP contribution >= 0.6 is 11.3 Å². The monoisotopic (exact) mass is 421 g/mol. The highest BCUT2D eigenvalue weighted by molar-refractivity contribution is 7.07. The predicted octanol–water partition coefficient (Wildman–Crippen LogP) is 4.39. The minimum absolute atomic E-state index is 0.0744. The first-order valence-corrected chi connectivity index (χ1v) is 9.50. The fourth-order valence-corrected chi connectivity index (χ4v) is 3.29. The number of benzene rings is 2. The van der Waals surface area contributed by atoms with Gasteiger partial charge in [0.05, 0.1) is 25.1 Å². The molecule has 2 aromatic carbocycles. The largest absolute Gasteiger partial charge is 0.435 e. The third-order valence-electron chi connectivity index (χ3n) is 3.80. The van der Waals surface area contributed by atoms with E-state index in [0.717, 1.165) is 16.8 Å². The van der Waals surface area contributed by atoms with E-state index in [4.69, 9.17) is 4.74 Å². The molecule has 0 saturated heterocycles. The van der Waals surface area contributed by atoms with Crippen LogP contribution in [0.4, 0.5) is 13.2 Å². The Kier molecular flexibility index (Phi) is 7.20. The van der Waals surface area contributed by atoms with Crippen LogP contribution in [0.25, 0.3) is 11.3 Å². The number of nitrogens with zero attached hydrogens (tertiary/aromatic N) is 3. The van der Waals surface area contributed by atoms with Crippen LogP contribution in [-0.2, 0) is 4.74 Å². The Bertz CT molecular complexity index is 1010. The van der Waals surface area contributed by atoms with Crippen LogP contribution in [0, 0.1) is 5.82 Å². The first-order chi connectivity index (χ1) is 14.1. The Labute approximate surface area is 169 Å². The third-order valence-corrected chi connectivity index (χ3v) is 4.65. The lowest BCUT2D eigenvalue weighted by Gasteiger charge is -2.07. The average Bonchev–Trinajstić information content (AvgIpc) is 3.11. The van der Waals surface area contributed by atoms with Crippen LogP contribution in [0.2, 0.25) is 0 Å². The standard InChI is InChI=1S/C20H18F3N3O2S/c1-27-11-10-24-20-26(25-12-14-2-6-16(21)7-3-14)18(13-29-20)15-4-8-17(9-5-15)28-19(22)23/h2-9,12-13,19H,10-11H2,1H3/b24-20?,25-12+. The molecule has 0 fully saturated rings. The fraction of sp³-hybridized carbons (Fsp3) is 0.200. The number of alkyl halides is 2. The van der Waals surface area contributed by atoms with Crippen molar-refractivity contribution in [3.8, 4) is 17.0 Å². The Hall–Kier alpha value is -2.91. The maximum absolute atomic E-state index is 13.1. The number of hydrogen-bond donors (Lipinski definition) is 0. The molecule has 0 N–H and O–H groups in total. The quantitative estimate of drug-likeness (QED) is 0.400. The number of rotatable bonds is 8. The molecule has 29 heavy (non-hydrogen) atoms. The van der Waals surface area contributed by atoms with Crippen molar-refractivity contribution in [3.05, 3.63) is 70.1 Å². The van der Waals surface area contributed by atoms with Gasteiger partial charge in [0, 0.05) is 18.1 Å². The Morgan fingerprint density at radius 2 is 1.83 bits per heavy atom. The van der Waals surface area contributed by atoms with Gasteiger partial charge in [0.25, 0.3) is 0 Å². The number of ether oxygens (including phenoxy) is 2. The highest BCUT2D eigenvalue weighted by Gasteiger charge is 2.09. The van der Waals surface area contributed by atoms with Crippen LogP contribution in [0.5, 0.6) is 5.75 Å². The van der Waals surface area contributed by atoms with Crippen LogP contribution in [0.1, 0.15) is 5.56 Å². The van der Waals surface area contributed by atoms with Gasteiger partial charge in [-0.15, -0.1) is 11.3 Å². The summed E-state index contributed by atoms with van der Waals surface area (Å²) in [5.74, 6) is -0.252. The number of halogens is 3. The highest BCUT2D eigenvalue weighted by atomic mass is 32.1. The molecule has 0 atom stereocenters. The van der Waals surface area contributed by atoms with Gasteiger partial charge in [0.2, 0.25) is 4.80 Å². The average molecular weight is 421 g/mol. The minimum Gasteiger partial charge on any atom is -0.435 e. The molecule has 0 aliphatic carbocycles. The van der Waals surface area contributed by atoms with Crippen molar-refractivity contribution in [2.45, 2.75) is 6.61 Å². The van der Waals surface area contributed by atoms with Crippen LogP contribution in [0.3, 0.4) is 0 Å². The predicted molar refractivity (Wildman–Crippen MR) is 106 cm³/mol. The van der Waals surface area contributed by atoms with Crippen molar-refractivity contribution in [2.75, 3.05) is 20.3 Å². The lowest BCUT2D eigenvalue weighted by Crippen LogP contribution is -2.13. The summed E-state index contributed by atoms with van der Waals surface area (Å²) in [6.07, 6.45) is 1.60. The smallest absolute Gasteiger partial charge is 0.387 e.